The molecule has 3 heteroatoms. The maximum Gasteiger partial charge on any atom is 0.139 e. The fourth-order valence-corrected chi connectivity index (χ4v) is 2.37. The zero-order valence-electron chi connectivity index (χ0n) is 8.16. The Hall–Kier alpha value is -0.0100. The quantitative estimate of drug-likeness (QED) is 0.694. The van der Waals surface area contributed by atoms with Gasteiger partial charge in [0.05, 0.1) is 0 Å². The van der Waals surface area contributed by atoms with Gasteiger partial charge in [-0.25, -0.2) is 0 Å². The Morgan fingerprint density at radius 3 is 2.31 bits per heavy atom. The smallest absolute Gasteiger partial charge is 0.139 e. The highest BCUT2D eigenvalue weighted by Crippen LogP contribution is 2.49. The summed E-state index contributed by atoms with van der Waals surface area (Å²) in [6.45, 7) is 5.92. The highest BCUT2D eigenvalue weighted by atomic mass is 35.5. The van der Waals surface area contributed by atoms with Crippen molar-refractivity contribution in [3.8, 4) is 0 Å². The van der Waals surface area contributed by atoms with Crippen molar-refractivity contribution in [1.29, 1.82) is 0 Å². The molecule has 0 aromatic carbocycles. The largest absolute Gasteiger partial charge is 0.299 e. The van der Waals surface area contributed by atoms with Gasteiger partial charge in [-0.05, 0) is 12.0 Å². The molecule has 0 radical (unpaired) electrons. The van der Waals surface area contributed by atoms with Crippen LogP contribution < -0.4 is 0 Å². The first-order chi connectivity index (χ1) is 5.91. The van der Waals surface area contributed by atoms with Crippen LogP contribution in [0.1, 0.15) is 33.6 Å². The summed E-state index contributed by atoms with van der Waals surface area (Å²) in [6.07, 6.45) is 1.42. The average Bonchev–Trinajstić information content (AvgIpc) is 2.04. The highest BCUT2D eigenvalue weighted by molar-refractivity contribution is 6.56. The van der Waals surface area contributed by atoms with E-state index in [2.05, 4.69) is 0 Å². The van der Waals surface area contributed by atoms with Gasteiger partial charge in [-0.15, -0.1) is 0 Å². The van der Waals surface area contributed by atoms with Crippen LogP contribution in [0, 0.1) is 11.3 Å². The summed E-state index contributed by atoms with van der Waals surface area (Å²) in [7, 11) is 0. The van der Waals surface area contributed by atoms with E-state index >= 15 is 0 Å². The minimum atomic E-state index is -0.264. The van der Waals surface area contributed by atoms with Crippen LogP contribution in [0.3, 0.4) is 0 Å². The maximum atomic E-state index is 11.3. The van der Waals surface area contributed by atoms with Crippen LogP contribution in [0.25, 0.3) is 0 Å². The lowest BCUT2D eigenvalue weighted by atomic mass is 9.58. The van der Waals surface area contributed by atoms with Gasteiger partial charge in [0, 0.05) is 17.8 Å². The van der Waals surface area contributed by atoms with E-state index in [1.807, 2.05) is 20.8 Å². The van der Waals surface area contributed by atoms with Crippen molar-refractivity contribution < 1.29 is 4.79 Å². The zero-order valence-corrected chi connectivity index (χ0v) is 9.67. The van der Waals surface area contributed by atoms with E-state index in [4.69, 9.17) is 23.2 Å². The number of carbonyl (C=O) groups is 1. The number of hydrogen-bond acceptors (Lipinski definition) is 1. The van der Waals surface area contributed by atoms with Crippen LogP contribution in [0.5, 0.6) is 0 Å². The topological polar surface area (TPSA) is 17.1 Å². The van der Waals surface area contributed by atoms with Gasteiger partial charge in [0.1, 0.15) is 10.3 Å². The van der Waals surface area contributed by atoms with E-state index in [1.54, 1.807) is 0 Å². The Morgan fingerprint density at radius 1 is 1.54 bits per heavy atom. The molecule has 1 rings (SSSR count). The molecular weight excluding hydrogens is 207 g/mol. The lowest BCUT2D eigenvalue weighted by molar-refractivity contribution is -0.140. The van der Waals surface area contributed by atoms with Gasteiger partial charge in [0.15, 0.2) is 0 Å². The van der Waals surface area contributed by atoms with E-state index in [0.29, 0.717) is 16.7 Å². The molecule has 0 amide bonds. The molecule has 13 heavy (non-hydrogen) atoms. The van der Waals surface area contributed by atoms with Gasteiger partial charge in [0.25, 0.3) is 0 Å². The molecule has 1 unspecified atom stereocenters. The van der Waals surface area contributed by atoms with Crippen molar-refractivity contribution in [2.24, 2.45) is 11.3 Å². The summed E-state index contributed by atoms with van der Waals surface area (Å²) >= 11 is 11.5. The molecule has 1 fully saturated rings. The van der Waals surface area contributed by atoms with Crippen molar-refractivity contribution in [3.63, 3.8) is 0 Å². The predicted octanol–water partition coefficient (Wildman–Crippen LogP) is 3.70. The average molecular weight is 221 g/mol. The molecule has 0 aromatic rings. The van der Waals surface area contributed by atoms with Gasteiger partial charge < -0.3 is 0 Å². The Kier molecular flexibility index (Phi) is 3.09. The molecule has 0 aliphatic heterocycles. The number of rotatable bonds is 2. The number of carbonyl (C=O) groups excluding carboxylic acids is 1. The van der Waals surface area contributed by atoms with Crippen molar-refractivity contribution >= 4 is 29.0 Å². The molecule has 0 N–H and O–H groups in total. The summed E-state index contributed by atoms with van der Waals surface area (Å²) in [4.78, 5) is 11.3. The molecule has 1 atom stereocenters. The van der Waals surface area contributed by atoms with Crippen molar-refractivity contribution in [2.45, 2.75) is 33.6 Å². The molecule has 1 aliphatic rings. The van der Waals surface area contributed by atoms with Gasteiger partial charge in [-0.1, -0.05) is 44.0 Å². The van der Waals surface area contributed by atoms with Crippen LogP contribution in [-0.4, -0.2) is 5.78 Å². The fraction of sp³-hybridized carbons (Fsp3) is 0.700. The van der Waals surface area contributed by atoms with Crippen LogP contribution in [0.15, 0.2) is 10.1 Å². The summed E-state index contributed by atoms with van der Waals surface area (Å²) in [5.41, 5.74) is 0.758. The van der Waals surface area contributed by atoms with Gasteiger partial charge in [-0.2, -0.15) is 0 Å². The minimum Gasteiger partial charge on any atom is -0.299 e. The van der Waals surface area contributed by atoms with E-state index in [0.717, 1.165) is 12.0 Å². The van der Waals surface area contributed by atoms with Gasteiger partial charge in [-0.3, -0.25) is 4.79 Å². The second kappa shape index (κ2) is 3.62. The van der Waals surface area contributed by atoms with E-state index in [9.17, 15) is 4.79 Å². The molecule has 74 valence electrons. The standard InChI is InChI=1S/C10H14Cl2O/c1-4-6(9(11)12)7-5-8(13)10(7,2)3/h7H,4-5H2,1-3H3. The van der Waals surface area contributed by atoms with Crippen LogP contribution >= 0.6 is 23.2 Å². The number of ketones is 1. The summed E-state index contributed by atoms with van der Waals surface area (Å²) in [6, 6.07) is 0. The molecule has 0 bridgehead atoms. The maximum absolute atomic E-state index is 11.3. The first kappa shape index (κ1) is 11.1. The molecule has 0 aromatic heterocycles. The molecule has 1 nitrogen and oxygen atoms in total. The predicted molar refractivity (Wildman–Crippen MR) is 55.9 cm³/mol. The molecule has 1 aliphatic carbocycles. The summed E-state index contributed by atoms with van der Waals surface area (Å²) in [5, 5.41) is 0. The molecule has 1 saturated carbocycles. The Bertz CT molecular complexity index is 262. The summed E-state index contributed by atoms with van der Waals surface area (Å²) in [5.74, 6) is 0.549. The second-order valence-electron chi connectivity index (χ2n) is 4.04. The lowest BCUT2D eigenvalue weighted by Crippen LogP contribution is -2.46. The Balaban J connectivity index is 2.87. The first-order valence-corrected chi connectivity index (χ1v) is 5.24. The number of allylic oxidation sites excluding steroid dienone is 1. The molecule has 0 heterocycles. The van der Waals surface area contributed by atoms with Crippen LogP contribution in [-0.2, 0) is 4.79 Å². The second-order valence-corrected chi connectivity index (χ2v) is 4.99. The lowest BCUT2D eigenvalue weighted by Gasteiger charge is -2.44. The normalized spacial score (nSPS) is 25.3. The molecular formula is C10H14Cl2O. The third-order valence-corrected chi connectivity index (χ3v) is 3.51. The third kappa shape index (κ3) is 1.77. The minimum absolute atomic E-state index is 0.245. The zero-order chi connectivity index (χ0) is 10.2. The molecule has 0 spiro atoms. The SMILES string of the molecule is CCC(=C(Cl)Cl)C1CC(=O)C1(C)C. The number of Topliss-reactive ketones (excluding diaryl/α,β-unsaturated/α-hetero) is 1. The van der Waals surface area contributed by atoms with Gasteiger partial charge >= 0.3 is 0 Å². The Labute approximate surface area is 89.1 Å². The van der Waals surface area contributed by atoms with Crippen LogP contribution in [0.2, 0.25) is 0 Å². The van der Waals surface area contributed by atoms with E-state index < -0.39 is 0 Å². The first-order valence-electron chi connectivity index (χ1n) is 4.48. The van der Waals surface area contributed by atoms with Crippen LogP contribution in [0.4, 0.5) is 0 Å². The van der Waals surface area contributed by atoms with Crippen molar-refractivity contribution in [1.82, 2.24) is 0 Å². The third-order valence-electron chi connectivity index (χ3n) is 3.02. The fourth-order valence-electron chi connectivity index (χ4n) is 1.84. The van der Waals surface area contributed by atoms with E-state index in [-0.39, 0.29) is 11.3 Å². The highest BCUT2D eigenvalue weighted by Gasteiger charge is 2.48. The molecule has 0 saturated heterocycles. The summed E-state index contributed by atoms with van der Waals surface area (Å²) < 4.78 is 0.341. The van der Waals surface area contributed by atoms with Gasteiger partial charge in [0.2, 0.25) is 0 Å². The van der Waals surface area contributed by atoms with Crippen molar-refractivity contribution in [2.75, 3.05) is 0 Å². The van der Waals surface area contributed by atoms with E-state index in [1.165, 1.54) is 0 Å². The Morgan fingerprint density at radius 2 is 2.08 bits per heavy atom. The monoisotopic (exact) mass is 220 g/mol. The van der Waals surface area contributed by atoms with Crippen molar-refractivity contribution in [3.05, 3.63) is 10.1 Å². The number of hydrogen-bond donors (Lipinski definition) is 0. The number of halogens is 2.